The van der Waals surface area contributed by atoms with Gasteiger partial charge in [-0.25, -0.2) is 12.8 Å². The molecule has 0 N–H and O–H groups in total. The Hall–Kier alpha value is -1.92. The van der Waals surface area contributed by atoms with Crippen LogP contribution >= 0.6 is 0 Å². The highest BCUT2D eigenvalue weighted by Crippen LogP contribution is 2.27. The number of halogens is 1. The summed E-state index contributed by atoms with van der Waals surface area (Å²) in [5, 5.41) is 0. The molecule has 6 heteroatoms. The molecule has 2 heterocycles. The first kappa shape index (κ1) is 15.0. The maximum atomic E-state index is 12.9. The van der Waals surface area contributed by atoms with Crippen LogP contribution in [0.25, 0.3) is 5.57 Å². The molecule has 4 nitrogen and oxygen atoms in total. The van der Waals surface area contributed by atoms with Crippen molar-refractivity contribution < 1.29 is 17.2 Å². The Morgan fingerprint density at radius 2 is 1.86 bits per heavy atom. The van der Waals surface area contributed by atoms with E-state index in [4.69, 9.17) is 4.42 Å². The lowest BCUT2D eigenvalue weighted by molar-refractivity contribution is 0.436. The van der Waals surface area contributed by atoms with Crippen LogP contribution in [0.1, 0.15) is 17.9 Å². The number of rotatable bonds is 3. The second-order valence-corrected chi connectivity index (χ2v) is 7.14. The molecule has 1 aliphatic rings. The zero-order chi connectivity index (χ0) is 15.7. The minimum Gasteiger partial charge on any atom is -0.462 e. The molecule has 0 saturated carbocycles. The quantitative estimate of drug-likeness (QED) is 0.872. The van der Waals surface area contributed by atoms with E-state index in [1.165, 1.54) is 16.4 Å². The summed E-state index contributed by atoms with van der Waals surface area (Å²) in [7, 11) is -3.59. The first-order valence-corrected chi connectivity index (χ1v) is 8.42. The minimum absolute atomic E-state index is 0.111. The van der Waals surface area contributed by atoms with E-state index in [1.807, 2.05) is 25.1 Å². The predicted molar refractivity (Wildman–Crippen MR) is 81.2 cm³/mol. The fourth-order valence-electron chi connectivity index (χ4n) is 2.46. The molecule has 3 rings (SSSR count). The van der Waals surface area contributed by atoms with Gasteiger partial charge in [-0.1, -0.05) is 6.08 Å². The Morgan fingerprint density at radius 1 is 1.14 bits per heavy atom. The van der Waals surface area contributed by atoms with Crippen LogP contribution in [0.3, 0.4) is 0 Å². The molecule has 0 radical (unpaired) electrons. The molecule has 0 aliphatic carbocycles. The zero-order valence-corrected chi connectivity index (χ0v) is 12.9. The van der Waals surface area contributed by atoms with Crippen molar-refractivity contribution in [2.45, 2.75) is 18.2 Å². The number of hydrogen-bond donors (Lipinski definition) is 0. The summed E-state index contributed by atoms with van der Waals surface area (Å²) in [6.45, 7) is 2.54. The summed E-state index contributed by atoms with van der Waals surface area (Å²) in [6, 6.07) is 8.68. The van der Waals surface area contributed by atoms with E-state index in [1.54, 1.807) is 0 Å². The summed E-state index contributed by atoms with van der Waals surface area (Å²) in [6.07, 6.45) is 2.45. The van der Waals surface area contributed by atoms with Gasteiger partial charge in [0.05, 0.1) is 4.90 Å². The van der Waals surface area contributed by atoms with E-state index < -0.39 is 15.8 Å². The van der Waals surface area contributed by atoms with E-state index in [-0.39, 0.29) is 11.4 Å². The maximum Gasteiger partial charge on any atom is 0.243 e. The first-order chi connectivity index (χ1) is 10.5. The minimum atomic E-state index is -3.59. The molecule has 0 atom stereocenters. The monoisotopic (exact) mass is 321 g/mol. The molecule has 1 aromatic heterocycles. The predicted octanol–water partition coefficient (Wildman–Crippen LogP) is 3.21. The molecule has 1 aromatic carbocycles. The molecule has 0 fully saturated rings. The third kappa shape index (κ3) is 2.84. The van der Waals surface area contributed by atoms with Crippen LogP contribution in [0.15, 0.2) is 51.8 Å². The summed E-state index contributed by atoms with van der Waals surface area (Å²) in [5.74, 6) is 1.17. The van der Waals surface area contributed by atoms with Gasteiger partial charge in [0.15, 0.2) is 0 Å². The van der Waals surface area contributed by atoms with Crippen molar-refractivity contribution in [3.05, 3.63) is 59.8 Å². The summed E-state index contributed by atoms with van der Waals surface area (Å²) < 4.78 is 44.9. The molecule has 0 unspecified atom stereocenters. The Morgan fingerprint density at radius 3 is 2.41 bits per heavy atom. The van der Waals surface area contributed by atoms with Gasteiger partial charge in [0.25, 0.3) is 0 Å². The van der Waals surface area contributed by atoms with Crippen molar-refractivity contribution in [3.63, 3.8) is 0 Å². The number of sulfonamides is 1. The third-order valence-corrected chi connectivity index (χ3v) is 5.56. The largest absolute Gasteiger partial charge is 0.462 e. The molecule has 2 aromatic rings. The Balaban J connectivity index is 1.80. The van der Waals surface area contributed by atoms with E-state index >= 15 is 0 Å². The molecule has 1 aliphatic heterocycles. The summed E-state index contributed by atoms with van der Waals surface area (Å²) in [4.78, 5) is 0.111. The van der Waals surface area contributed by atoms with E-state index in [0.29, 0.717) is 13.0 Å². The lowest BCUT2D eigenvalue weighted by Gasteiger charge is -2.25. The first-order valence-electron chi connectivity index (χ1n) is 6.98. The second kappa shape index (κ2) is 5.70. The average Bonchev–Trinajstić information content (AvgIpc) is 2.94. The van der Waals surface area contributed by atoms with Crippen molar-refractivity contribution in [3.8, 4) is 0 Å². The number of benzene rings is 1. The number of aryl methyl sites for hydroxylation is 1. The van der Waals surface area contributed by atoms with E-state index in [2.05, 4.69) is 0 Å². The lowest BCUT2D eigenvalue weighted by atomic mass is 10.1. The van der Waals surface area contributed by atoms with Crippen LogP contribution in [0.2, 0.25) is 0 Å². The van der Waals surface area contributed by atoms with Gasteiger partial charge in [-0.15, -0.1) is 0 Å². The van der Waals surface area contributed by atoms with Gasteiger partial charge in [-0.2, -0.15) is 4.31 Å². The van der Waals surface area contributed by atoms with Crippen LogP contribution in [-0.2, 0) is 10.0 Å². The van der Waals surface area contributed by atoms with Crippen LogP contribution in [0.5, 0.6) is 0 Å². The normalized spacial score (nSPS) is 16.5. The number of furan rings is 1. The fraction of sp³-hybridized carbons (Fsp3) is 0.250. The van der Waals surface area contributed by atoms with E-state index in [9.17, 15) is 12.8 Å². The van der Waals surface area contributed by atoms with Crippen LogP contribution in [0.4, 0.5) is 4.39 Å². The van der Waals surface area contributed by atoms with Crippen molar-refractivity contribution >= 4 is 15.6 Å². The van der Waals surface area contributed by atoms with Crippen LogP contribution < -0.4 is 0 Å². The second-order valence-electron chi connectivity index (χ2n) is 5.21. The Bertz CT molecular complexity index is 806. The highest BCUT2D eigenvalue weighted by Gasteiger charge is 2.26. The van der Waals surface area contributed by atoms with Crippen LogP contribution in [0, 0.1) is 12.7 Å². The molecule has 22 heavy (non-hydrogen) atoms. The molecule has 0 amide bonds. The van der Waals surface area contributed by atoms with Gasteiger partial charge in [0, 0.05) is 13.1 Å². The lowest BCUT2D eigenvalue weighted by Crippen LogP contribution is -2.34. The maximum absolute atomic E-state index is 12.9. The number of nitrogens with zero attached hydrogens (tertiary/aromatic N) is 1. The molecule has 0 spiro atoms. The highest BCUT2D eigenvalue weighted by atomic mass is 32.2. The van der Waals surface area contributed by atoms with Crippen molar-refractivity contribution in [2.75, 3.05) is 13.1 Å². The molecule has 0 saturated heterocycles. The summed E-state index contributed by atoms with van der Waals surface area (Å²) in [5.41, 5.74) is 1.01. The van der Waals surface area contributed by atoms with Gasteiger partial charge in [-0.05, 0) is 55.3 Å². The highest BCUT2D eigenvalue weighted by molar-refractivity contribution is 7.89. The van der Waals surface area contributed by atoms with Gasteiger partial charge in [-0.3, -0.25) is 0 Å². The fourth-order valence-corrected chi connectivity index (χ4v) is 3.84. The SMILES string of the molecule is Cc1ccc(C2=CCN(S(=O)(=O)c3ccc(F)cc3)CC2)o1. The molecule has 116 valence electrons. The van der Waals surface area contributed by atoms with Gasteiger partial charge in [0.1, 0.15) is 17.3 Å². The topological polar surface area (TPSA) is 50.5 Å². The van der Waals surface area contributed by atoms with Crippen molar-refractivity contribution in [1.29, 1.82) is 0 Å². The van der Waals surface area contributed by atoms with Gasteiger partial charge in [0.2, 0.25) is 10.0 Å². The Kier molecular flexibility index (Phi) is 3.88. The molecule has 0 bridgehead atoms. The zero-order valence-electron chi connectivity index (χ0n) is 12.1. The van der Waals surface area contributed by atoms with Gasteiger partial charge < -0.3 is 4.42 Å². The van der Waals surface area contributed by atoms with Crippen molar-refractivity contribution in [1.82, 2.24) is 4.31 Å². The Labute approximate surface area is 128 Å². The third-order valence-electron chi connectivity index (χ3n) is 3.68. The van der Waals surface area contributed by atoms with Crippen LogP contribution in [-0.4, -0.2) is 25.8 Å². The molecular weight excluding hydrogens is 305 g/mol. The number of hydrogen-bond acceptors (Lipinski definition) is 3. The standard InChI is InChI=1S/C16H16FNO3S/c1-12-2-7-16(21-12)13-8-10-18(11-9-13)22(19,20)15-5-3-14(17)4-6-15/h2-8H,9-11H2,1H3. The van der Waals surface area contributed by atoms with E-state index in [0.717, 1.165) is 29.2 Å². The van der Waals surface area contributed by atoms with Crippen molar-refractivity contribution in [2.24, 2.45) is 0 Å². The summed E-state index contributed by atoms with van der Waals surface area (Å²) >= 11 is 0. The average molecular weight is 321 g/mol. The molecular formula is C16H16FNO3S. The van der Waals surface area contributed by atoms with Gasteiger partial charge >= 0.3 is 0 Å². The smallest absolute Gasteiger partial charge is 0.243 e.